The van der Waals surface area contributed by atoms with Crippen LogP contribution in [0.4, 0.5) is 4.79 Å². The molecule has 0 rings (SSSR count). The molecular weight excluding hydrogens is 238 g/mol. The highest BCUT2D eigenvalue weighted by molar-refractivity contribution is 5.82. The van der Waals surface area contributed by atoms with Gasteiger partial charge >= 0.3 is 12.0 Å². The average molecular weight is 257 g/mol. The first kappa shape index (κ1) is 16.2. The molecule has 102 valence electrons. The van der Waals surface area contributed by atoms with E-state index in [2.05, 4.69) is 5.32 Å². The SMILES string of the molecule is CC(C)N(CCC#N)C(=O)N[C@H](CCO)C(=O)O. The molecule has 7 heteroatoms. The van der Waals surface area contributed by atoms with Crippen LogP contribution < -0.4 is 5.32 Å². The lowest BCUT2D eigenvalue weighted by molar-refractivity contribution is -0.139. The van der Waals surface area contributed by atoms with Crippen molar-refractivity contribution in [1.29, 1.82) is 5.26 Å². The normalized spacial score (nSPS) is 11.7. The van der Waals surface area contributed by atoms with Crippen LogP contribution in [0.25, 0.3) is 0 Å². The van der Waals surface area contributed by atoms with Gasteiger partial charge in [-0.15, -0.1) is 0 Å². The second-order valence-corrected chi connectivity index (χ2v) is 4.05. The number of urea groups is 1. The number of carbonyl (C=O) groups is 2. The maximum Gasteiger partial charge on any atom is 0.326 e. The smallest absolute Gasteiger partial charge is 0.326 e. The molecule has 0 bridgehead atoms. The van der Waals surface area contributed by atoms with E-state index >= 15 is 0 Å². The number of carbonyl (C=O) groups excluding carboxylic acids is 1. The molecule has 0 aromatic carbocycles. The molecule has 0 aliphatic carbocycles. The van der Waals surface area contributed by atoms with E-state index < -0.39 is 18.0 Å². The summed E-state index contributed by atoms with van der Waals surface area (Å²) in [7, 11) is 0. The van der Waals surface area contributed by atoms with Crippen LogP contribution in [-0.4, -0.2) is 52.3 Å². The molecule has 0 aromatic rings. The fraction of sp³-hybridized carbons (Fsp3) is 0.727. The number of nitrogens with one attached hydrogen (secondary N) is 1. The molecule has 3 N–H and O–H groups in total. The van der Waals surface area contributed by atoms with Gasteiger partial charge in [-0.05, 0) is 13.8 Å². The Bertz CT molecular complexity index is 325. The first-order chi connectivity index (χ1) is 8.43. The van der Waals surface area contributed by atoms with E-state index in [4.69, 9.17) is 15.5 Å². The summed E-state index contributed by atoms with van der Waals surface area (Å²) in [5, 5.41) is 28.4. The summed E-state index contributed by atoms with van der Waals surface area (Å²) >= 11 is 0. The van der Waals surface area contributed by atoms with Crippen molar-refractivity contribution < 1.29 is 19.8 Å². The summed E-state index contributed by atoms with van der Waals surface area (Å²) in [5.41, 5.74) is 0. The molecule has 0 heterocycles. The van der Waals surface area contributed by atoms with Crippen molar-refractivity contribution in [2.24, 2.45) is 0 Å². The van der Waals surface area contributed by atoms with Gasteiger partial charge in [0.2, 0.25) is 0 Å². The van der Waals surface area contributed by atoms with Crippen LogP contribution in [0, 0.1) is 11.3 Å². The number of hydrogen-bond acceptors (Lipinski definition) is 4. The van der Waals surface area contributed by atoms with Gasteiger partial charge in [0.25, 0.3) is 0 Å². The molecule has 0 unspecified atom stereocenters. The lowest BCUT2D eigenvalue weighted by atomic mass is 10.2. The number of nitriles is 1. The molecule has 0 saturated heterocycles. The van der Waals surface area contributed by atoms with Gasteiger partial charge in [0.15, 0.2) is 0 Å². The van der Waals surface area contributed by atoms with E-state index in [0.717, 1.165) is 0 Å². The summed E-state index contributed by atoms with van der Waals surface area (Å²) in [5.74, 6) is -1.19. The van der Waals surface area contributed by atoms with Crippen LogP contribution in [0.15, 0.2) is 0 Å². The van der Waals surface area contributed by atoms with E-state index in [1.807, 2.05) is 6.07 Å². The summed E-state index contributed by atoms with van der Waals surface area (Å²) < 4.78 is 0. The van der Waals surface area contributed by atoms with Crippen LogP contribution in [0.3, 0.4) is 0 Å². The third-order valence-corrected chi connectivity index (χ3v) is 2.36. The monoisotopic (exact) mass is 257 g/mol. The van der Waals surface area contributed by atoms with Crippen molar-refractivity contribution in [2.75, 3.05) is 13.2 Å². The van der Waals surface area contributed by atoms with Gasteiger partial charge in [0.05, 0.1) is 12.5 Å². The summed E-state index contributed by atoms with van der Waals surface area (Å²) in [4.78, 5) is 24.1. The van der Waals surface area contributed by atoms with Gasteiger partial charge in [-0.2, -0.15) is 5.26 Å². The van der Waals surface area contributed by atoms with Gasteiger partial charge in [0.1, 0.15) is 6.04 Å². The Morgan fingerprint density at radius 1 is 1.44 bits per heavy atom. The van der Waals surface area contributed by atoms with Crippen molar-refractivity contribution in [3.63, 3.8) is 0 Å². The lowest BCUT2D eigenvalue weighted by Crippen LogP contribution is -2.50. The highest BCUT2D eigenvalue weighted by atomic mass is 16.4. The van der Waals surface area contributed by atoms with Crippen LogP contribution >= 0.6 is 0 Å². The van der Waals surface area contributed by atoms with Crippen LogP contribution in [0.5, 0.6) is 0 Å². The fourth-order valence-corrected chi connectivity index (χ4v) is 1.38. The Hall–Kier alpha value is -1.81. The minimum Gasteiger partial charge on any atom is -0.480 e. The van der Waals surface area contributed by atoms with Crippen molar-refractivity contribution >= 4 is 12.0 Å². The minimum atomic E-state index is -1.19. The van der Waals surface area contributed by atoms with E-state index in [1.54, 1.807) is 13.8 Å². The predicted octanol–water partition coefficient (Wildman–Crippen LogP) is 0.156. The molecular formula is C11H19N3O4. The molecule has 18 heavy (non-hydrogen) atoms. The molecule has 7 nitrogen and oxygen atoms in total. The van der Waals surface area contributed by atoms with E-state index in [1.165, 1.54) is 4.90 Å². The number of rotatable bonds is 7. The van der Waals surface area contributed by atoms with E-state index in [9.17, 15) is 9.59 Å². The van der Waals surface area contributed by atoms with Gasteiger partial charge in [-0.1, -0.05) is 0 Å². The zero-order chi connectivity index (χ0) is 14.1. The number of carboxylic acid groups (broad SMARTS) is 1. The zero-order valence-corrected chi connectivity index (χ0v) is 10.6. The molecule has 0 radical (unpaired) electrons. The van der Waals surface area contributed by atoms with E-state index in [0.29, 0.717) is 0 Å². The summed E-state index contributed by atoms with van der Waals surface area (Å²) in [6.07, 6.45) is 0.134. The number of aliphatic hydroxyl groups excluding tert-OH is 1. The van der Waals surface area contributed by atoms with Crippen molar-refractivity contribution in [1.82, 2.24) is 10.2 Å². The standard InChI is InChI=1S/C11H19N3O4/c1-8(2)14(6-3-5-12)11(18)13-9(4-7-15)10(16)17/h8-9,15H,3-4,6-7H2,1-2H3,(H,13,18)(H,16,17)/t9-/m1/s1. The number of hydrogen-bond donors (Lipinski definition) is 3. The predicted molar refractivity (Wildman–Crippen MR) is 63.7 cm³/mol. The molecule has 0 aromatic heterocycles. The highest BCUT2D eigenvalue weighted by Crippen LogP contribution is 2.02. The number of carboxylic acids is 1. The molecule has 0 aliphatic heterocycles. The third-order valence-electron chi connectivity index (χ3n) is 2.36. The molecule has 0 spiro atoms. The average Bonchev–Trinajstić information content (AvgIpc) is 2.28. The van der Waals surface area contributed by atoms with Gasteiger partial charge < -0.3 is 20.4 Å². The first-order valence-corrected chi connectivity index (χ1v) is 5.71. The van der Waals surface area contributed by atoms with Crippen molar-refractivity contribution in [3.05, 3.63) is 0 Å². The number of nitrogens with zero attached hydrogens (tertiary/aromatic N) is 2. The Kier molecular flexibility index (Phi) is 7.47. The summed E-state index contributed by atoms with van der Waals surface area (Å²) in [6.45, 7) is 3.47. The second-order valence-electron chi connectivity index (χ2n) is 4.05. The fourth-order valence-electron chi connectivity index (χ4n) is 1.38. The number of aliphatic carboxylic acids is 1. The number of amides is 2. The van der Waals surface area contributed by atoms with Gasteiger partial charge in [-0.25, -0.2) is 9.59 Å². The maximum atomic E-state index is 11.8. The second kappa shape index (κ2) is 8.31. The zero-order valence-electron chi connectivity index (χ0n) is 10.6. The highest BCUT2D eigenvalue weighted by Gasteiger charge is 2.23. The Morgan fingerprint density at radius 2 is 2.06 bits per heavy atom. The Morgan fingerprint density at radius 3 is 2.44 bits per heavy atom. The van der Waals surface area contributed by atoms with E-state index in [-0.39, 0.29) is 32.0 Å². The van der Waals surface area contributed by atoms with Crippen LogP contribution in [-0.2, 0) is 4.79 Å². The molecule has 0 aliphatic rings. The quantitative estimate of drug-likeness (QED) is 0.601. The van der Waals surface area contributed by atoms with Crippen LogP contribution in [0.1, 0.15) is 26.7 Å². The van der Waals surface area contributed by atoms with Crippen molar-refractivity contribution in [2.45, 2.75) is 38.8 Å². The lowest BCUT2D eigenvalue weighted by Gasteiger charge is -2.27. The van der Waals surface area contributed by atoms with Gasteiger partial charge in [0, 0.05) is 25.6 Å². The molecule has 0 fully saturated rings. The largest absolute Gasteiger partial charge is 0.480 e. The maximum absolute atomic E-state index is 11.8. The Balaban J connectivity index is 4.57. The Labute approximate surface area is 106 Å². The molecule has 2 amide bonds. The summed E-state index contributed by atoms with van der Waals surface area (Å²) in [6, 6.07) is 0.134. The van der Waals surface area contributed by atoms with Gasteiger partial charge in [-0.3, -0.25) is 0 Å². The third kappa shape index (κ3) is 5.50. The van der Waals surface area contributed by atoms with Crippen LogP contribution in [0.2, 0.25) is 0 Å². The molecule has 1 atom stereocenters. The minimum absolute atomic E-state index is 0.0503. The topological polar surface area (TPSA) is 114 Å². The molecule has 0 saturated carbocycles. The van der Waals surface area contributed by atoms with Crippen molar-refractivity contribution in [3.8, 4) is 6.07 Å². The number of aliphatic hydroxyl groups is 1. The first-order valence-electron chi connectivity index (χ1n) is 5.71.